The van der Waals surface area contributed by atoms with E-state index in [9.17, 15) is 13.2 Å². The number of aromatic nitrogens is 3. The number of nitrogens with zero attached hydrogens (tertiary/aromatic N) is 3. The van der Waals surface area contributed by atoms with Crippen molar-refractivity contribution in [1.29, 1.82) is 0 Å². The molecule has 0 N–H and O–H groups in total. The van der Waals surface area contributed by atoms with Crippen molar-refractivity contribution in [3.63, 3.8) is 0 Å². The molecule has 0 saturated carbocycles. The third-order valence-electron chi connectivity index (χ3n) is 4.69. The molecule has 0 spiro atoms. The third-order valence-corrected chi connectivity index (χ3v) is 6.03. The van der Waals surface area contributed by atoms with Crippen molar-refractivity contribution >= 4 is 21.0 Å². The number of benzene rings is 3. The van der Waals surface area contributed by atoms with Crippen molar-refractivity contribution in [3.8, 4) is 0 Å². The van der Waals surface area contributed by atoms with E-state index in [2.05, 4.69) is 10.3 Å². The van der Waals surface area contributed by atoms with Gasteiger partial charge in [-0.05, 0) is 36.8 Å². The second-order valence-electron chi connectivity index (χ2n) is 6.86. The molecule has 1 heterocycles. The zero-order chi connectivity index (χ0) is 21.1. The molecule has 0 saturated heterocycles. The molecule has 0 fully saturated rings. The predicted octanol–water partition coefficient (Wildman–Crippen LogP) is 3.25. The van der Waals surface area contributed by atoms with Crippen molar-refractivity contribution in [2.45, 2.75) is 24.5 Å². The van der Waals surface area contributed by atoms with Crippen molar-refractivity contribution in [1.82, 2.24) is 15.0 Å². The molecule has 0 aliphatic carbocycles. The Morgan fingerprint density at radius 2 is 1.60 bits per heavy atom. The molecule has 4 aromatic rings. The number of hydrogen-bond donors (Lipinski definition) is 0. The maximum absolute atomic E-state index is 12.9. The smallest absolute Gasteiger partial charge is 0.267 e. The van der Waals surface area contributed by atoms with E-state index in [0.717, 1.165) is 10.2 Å². The Morgan fingerprint density at radius 1 is 0.933 bits per heavy atom. The molecular weight excluding hydrogens is 402 g/mol. The van der Waals surface area contributed by atoms with Gasteiger partial charge in [0.15, 0.2) is 0 Å². The molecule has 1 aromatic heterocycles. The summed E-state index contributed by atoms with van der Waals surface area (Å²) in [6.07, 6.45) is -0.953. The van der Waals surface area contributed by atoms with Crippen LogP contribution in [0.15, 0.2) is 88.6 Å². The van der Waals surface area contributed by atoms with Crippen LogP contribution in [-0.4, -0.2) is 23.4 Å². The third kappa shape index (κ3) is 4.14. The zero-order valence-corrected chi connectivity index (χ0v) is 17.0. The van der Waals surface area contributed by atoms with Gasteiger partial charge in [0.05, 0.1) is 16.8 Å². The summed E-state index contributed by atoms with van der Waals surface area (Å²) in [5.41, 5.74) is 1.66. The van der Waals surface area contributed by atoms with E-state index in [-0.39, 0.29) is 17.0 Å². The molecule has 0 amide bonds. The molecule has 152 valence electrons. The van der Waals surface area contributed by atoms with Crippen LogP contribution >= 0.6 is 0 Å². The summed E-state index contributed by atoms with van der Waals surface area (Å²) in [4.78, 5) is 12.9. The van der Waals surface area contributed by atoms with Crippen LogP contribution in [0.3, 0.4) is 0 Å². The molecule has 0 aliphatic rings. The van der Waals surface area contributed by atoms with Crippen LogP contribution in [0.5, 0.6) is 0 Å². The van der Waals surface area contributed by atoms with Gasteiger partial charge in [0.1, 0.15) is 11.6 Å². The number of hydrogen-bond acceptors (Lipinski definition) is 6. The second-order valence-corrected chi connectivity index (χ2v) is 8.43. The van der Waals surface area contributed by atoms with Crippen LogP contribution in [0.25, 0.3) is 10.9 Å². The fourth-order valence-corrected chi connectivity index (χ4v) is 4.13. The van der Waals surface area contributed by atoms with E-state index in [4.69, 9.17) is 4.18 Å². The Kier molecular flexibility index (Phi) is 5.43. The number of rotatable bonds is 6. The number of fused-ring (bicyclic) bond motifs is 1. The van der Waals surface area contributed by atoms with Crippen LogP contribution in [0.2, 0.25) is 0 Å². The first-order valence-corrected chi connectivity index (χ1v) is 10.7. The molecule has 8 heteroatoms. The van der Waals surface area contributed by atoms with E-state index in [1.165, 1.54) is 12.1 Å². The second kappa shape index (κ2) is 8.17. The first-order chi connectivity index (χ1) is 14.4. The lowest BCUT2D eigenvalue weighted by Gasteiger charge is -2.18. The van der Waals surface area contributed by atoms with Gasteiger partial charge in [-0.1, -0.05) is 65.4 Å². The molecule has 0 aliphatic heterocycles. The lowest BCUT2D eigenvalue weighted by atomic mass is 10.1. The Morgan fingerprint density at radius 3 is 2.33 bits per heavy atom. The first-order valence-electron chi connectivity index (χ1n) is 9.31. The Hall–Kier alpha value is -3.36. The lowest BCUT2D eigenvalue weighted by Crippen LogP contribution is -2.28. The van der Waals surface area contributed by atoms with Crippen LogP contribution in [-0.2, 0) is 20.8 Å². The standard InChI is InChI=1S/C22H19N3O4S/c1-16-11-13-18(14-12-16)30(27,28)29-21(17-7-3-2-4-8-17)15-25-22(26)19-9-5-6-10-20(19)23-24-25/h2-14,21H,15H2,1H3. The monoisotopic (exact) mass is 421 g/mol. The molecule has 0 bridgehead atoms. The van der Waals surface area contributed by atoms with Gasteiger partial charge in [0.2, 0.25) is 0 Å². The Labute approximate surface area is 173 Å². The van der Waals surface area contributed by atoms with Crippen molar-refractivity contribution in [3.05, 3.63) is 100 Å². The average Bonchev–Trinajstić information content (AvgIpc) is 2.76. The van der Waals surface area contributed by atoms with Gasteiger partial charge in [-0.3, -0.25) is 8.98 Å². The van der Waals surface area contributed by atoms with Gasteiger partial charge >= 0.3 is 0 Å². The van der Waals surface area contributed by atoms with Gasteiger partial charge in [-0.25, -0.2) is 4.68 Å². The summed E-state index contributed by atoms with van der Waals surface area (Å²) in [7, 11) is -4.06. The van der Waals surface area contributed by atoms with Gasteiger partial charge in [0, 0.05) is 0 Å². The van der Waals surface area contributed by atoms with Crippen molar-refractivity contribution in [2.75, 3.05) is 0 Å². The first kappa shape index (κ1) is 19.9. The predicted molar refractivity (Wildman–Crippen MR) is 112 cm³/mol. The minimum Gasteiger partial charge on any atom is -0.267 e. The van der Waals surface area contributed by atoms with Crippen LogP contribution in [0.4, 0.5) is 0 Å². The highest BCUT2D eigenvalue weighted by Crippen LogP contribution is 2.25. The maximum Gasteiger partial charge on any atom is 0.297 e. The maximum atomic E-state index is 12.9. The van der Waals surface area contributed by atoms with E-state index in [1.54, 1.807) is 60.7 Å². The Bertz CT molecular complexity index is 1330. The summed E-state index contributed by atoms with van der Waals surface area (Å²) in [6, 6.07) is 22.1. The summed E-state index contributed by atoms with van der Waals surface area (Å²) in [5.74, 6) is 0. The van der Waals surface area contributed by atoms with E-state index < -0.39 is 16.2 Å². The summed E-state index contributed by atoms with van der Waals surface area (Å²) >= 11 is 0. The molecule has 1 atom stereocenters. The SMILES string of the molecule is Cc1ccc(S(=O)(=O)OC(Cn2nnc3ccccc3c2=O)c2ccccc2)cc1. The Balaban J connectivity index is 1.72. The molecule has 30 heavy (non-hydrogen) atoms. The molecular formula is C22H19N3O4S. The number of aryl methyl sites for hydroxylation is 1. The summed E-state index contributed by atoms with van der Waals surface area (Å²) in [6.45, 7) is 1.76. The molecule has 7 nitrogen and oxygen atoms in total. The summed E-state index contributed by atoms with van der Waals surface area (Å²) in [5, 5.41) is 8.43. The molecule has 1 unspecified atom stereocenters. The minimum absolute atomic E-state index is 0.0472. The van der Waals surface area contributed by atoms with Crippen molar-refractivity contribution < 1.29 is 12.6 Å². The molecule has 4 rings (SSSR count). The van der Waals surface area contributed by atoms with Gasteiger partial charge in [-0.2, -0.15) is 8.42 Å². The normalized spacial score (nSPS) is 12.7. The highest BCUT2D eigenvalue weighted by atomic mass is 32.2. The van der Waals surface area contributed by atoms with Crippen molar-refractivity contribution in [2.24, 2.45) is 0 Å². The van der Waals surface area contributed by atoms with Crippen LogP contribution in [0, 0.1) is 6.92 Å². The summed E-state index contributed by atoms with van der Waals surface area (Å²) < 4.78 is 32.4. The van der Waals surface area contributed by atoms with Crippen LogP contribution in [0.1, 0.15) is 17.2 Å². The van der Waals surface area contributed by atoms with Gasteiger partial charge < -0.3 is 0 Å². The minimum atomic E-state index is -4.06. The van der Waals surface area contributed by atoms with E-state index in [0.29, 0.717) is 16.5 Å². The zero-order valence-electron chi connectivity index (χ0n) is 16.2. The fraction of sp³-hybridized carbons (Fsp3) is 0.136. The highest BCUT2D eigenvalue weighted by molar-refractivity contribution is 7.86. The van der Waals surface area contributed by atoms with E-state index in [1.807, 2.05) is 13.0 Å². The highest BCUT2D eigenvalue weighted by Gasteiger charge is 2.25. The topological polar surface area (TPSA) is 91.2 Å². The quantitative estimate of drug-likeness (QED) is 0.444. The van der Waals surface area contributed by atoms with Gasteiger partial charge in [-0.15, -0.1) is 5.10 Å². The fourth-order valence-electron chi connectivity index (χ4n) is 3.07. The average molecular weight is 421 g/mol. The van der Waals surface area contributed by atoms with E-state index >= 15 is 0 Å². The molecule has 0 radical (unpaired) electrons. The lowest BCUT2D eigenvalue weighted by molar-refractivity contribution is 0.182. The molecule has 3 aromatic carbocycles. The van der Waals surface area contributed by atoms with Crippen LogP contribution < -0.4 is 5.56 Å². The van der Waals surface area contributed by atoms with Gasteiger partial charge in [0.25, 0.3) is 15.7 Å². The largest absolute Gasteiger partial charge is 0.297 e.